The molecule has 1 aliphatic heterocycles. The van der Waals surface area contributed by atoms with Crippen LogP contribution in [0.4, 0.5) is 5.69 Å². The van der Waals surface area contributed by atoms with E-state index in [-0.39, 0.29) is 13.0 Å². The number of carbonyl (C=O) groups is 1. The second kappa shape index (κ2) is 7.67. The predicted molar refractivity (Wildman–Crippen MR) is 109 cm³/mol. The summed E-state index contributed by atoms with van der Waals surface area (Å²) < 4.78 is 37.9. The zero-order valence-corrected chi connectivity index (χ0v) is 17.1. The number of nitrogens with one attached hydrogen (secondary N) is 1. The Bertz CT molecular complexity index is 1050. The molecule has 0 saturated heterocycles. The van der Waals surface area contributed by atoms with Crippen LogP contribution >= 0.6 is 0 Å². The van der Waals surface area contributed by atoms with Gasteiger partial charge in [-0.2, -0.15) is 0 Å². The number of hydrogen-bond donors (Lipinski definition) is 1. The molecule has 3 rings (SSSR count). The number of benzene rings is 2. The van der Waals surface area contributed by atoms with Gasteiger partial charge in [-0.1, -0.05) is 29.8 Å². The third-order valence-corrected chi connectivity index (χ3v) is 5.84. The second-order valence-corrected chi connectivity index (χ2v) is 8.32. The highest BCUT2D eigenvalue weighted by atomic mass is 32.2. The highest BCUT2D eigenvalue weighted by Gasteiger charge is 2.26. The monoisotopic (exact) mass is 401 g/mol. The van der Waals surface area contributed by atoms with E-state index >= 15 is 0 Å². The molecule has 0 amide bonds. The van der Waals surface area contributed by atoms with E-state index in [4.69, 9.17) is 9.47 Å². The molecule has 0 radical (unpaired) electrons. The van der Waals surface area contributed by atoms with Crippen LogP contribution in [-0.2, 0) is 26.0 Å². The standard InChI is InChI=1S/C21H23NO5S/c1-13-6-8-16(9-7-13)19-15(3)21-20(14(2)17(19)12-18(23)26-4)22-28(24,25)11-5-10-27-21/h5-9,11,22H,10,12H2,1-4H3/b11-5-. The summed E-state index contributed by atoms with van der Waals surface area (Å²) in [6, 6.07) is 7.96. The minimum Gasteiger partial charge on any atom is -0.487 e. The first-order valence-corrected chi connectivity index (χ1v) is 10.4. The van der Waals surface area contributed by atoms with Gasteiger partial charge in [0.1, 0.15) is 12.4 Å². The van der Waals surface area contributed by atoms with Crippen LogP contribution in [0.2, 0.25) is 0 Å². The number of esters is 1. The molecule has 1 heterocycles. The van der Waals surface area contributed by atoms with Gasteiger partial charge in [-0.3, -0.25) is 9.52 Å². The summed E-state index contributed by atoms with van der Waals surface area (Å²) in [5, 5.41) is 1.08. The van der Waals surface area contributed by atoms with Crippen molar-refractivity contribution in [1.29, 1.82) is 0 Å². The average Bonchev–Trinajstić information content (AvgIpc) is 2.64. The van der Waals surface area contributed by atoms with Crippen LogP contribution in [0.15, 0.2) is 35.7 Å². The number of sulfonamides is 1. The number of hydrogen-bond acceptors (Lipinski definition) is 5. The summed E-state index contributed by atoms with van der Waals surface area (Å²) in [5.41, 5.74) is 5.37. The van der Waals surface area contributed by atoms with Gasteiger partial charge in [0.15, 0.2) is 0 Å². The number of ether oxygens (including phenoxy) is 2. The SMILES string of the molecule is COC(=O)Cc1c(C)c2c(c(C)c1-c1ccc(C)cc1)OC/C=C\S(=O)(=O)N2. The van der Waals surface area contributed by atoms with Gasteiger partial charge >= 0.3 is 5.97 Å². The van der Waals surface area contributed by atoms with Gasteiger partial charge in [0.05, 0.1) is 24.6 Å². The molecule has 6 nitrogen and oxygen atoms in total. The van der Waals surface area contributed by atoms with Crippen LogP contribution in [0.1, 0.15) is 22.3 Å². The van der Waals surface area contributed by atoms with Crippen molar-refractivity contribution in [2.45, 2.75) is 27.2 Å². The van der Waals surface area contributed by atoms with Crippen LogP contribution in [0.5, 0.6) is 5.75 Å². The second-order valence-electron chi connectivity index (χ2n) is 6.76. The van der Waals surface area contributed by atoms with Crippen molar-refractivity contribution in [3.63, 3.8) is 0 Å². The molecule has 28 heavy (non-hydrogen) atoms. The van der Waals surface area contributed by atoms with E-state index in [1.807, 2.05) is 38.1 Å². The smallest absolute Gasteiger partial charge is 0.310 e. The molecule has 1 aliphatic rings. The Morgan fingerprint density at radius 3 is 2.46 bits per heavy atom. The lowest BCUT2D eigenvalue weighted by Gasteiger charge is -2.25. The quantitative estimate of drug-likeness (QED) is 0.794. The number of rotatable bonds is 3. The lowest BCUT2D eigenvalue weighted by Crippen LogP contribution is -2.18. The summed E-state index contributed by atoms with van der Waals surface area (Å²) in [7, 11) is -2.32. The molecule has 0 saturated carbocycles. The maximum atomic E-state index is 12.3. The Morgan fingerprint density at radius 1 is 1.14 bits per heavy atom. The molecule has 0 atom stereocenters. The van der Waals surface area contributed by atoms with Crippen molar-refractivity contribution < 1.29 is 22.7 Å². The predicted octanol–water partition coefficient (Wildman–Crippen LogP) is 3.64. The number of anilines is 1. The molecule has 2 aromatic rings. The van der Waals surface area contributed by atoms with E-state index in [0.29, 0.717) is 22.6 Å². The Labute approximate surface area is 165 Å². The third kappa shape index (κ3) is 3.89. The van der Waals surface area contributed by atoms with Crippen molar-refractivity contribution in [1.82, 2.24) is 0 Å². The summed E-state index contributed by atoms with van der Waals surface area (Å²) in [6.45, 7) is 5.79. The Balaban J connectivity index is 2.32. The molecular weight excluding hydrogens is 378 g/mol. The van der Waals surface area contributed by atoms with Crippen molar-refractivity contribution >= 4 is 21.7 Å². The van der Waals surface area contributed by atoms with Crippen LogP contribution < -0.4 is 9.46 Å². The van der Waals surface area contributed by atoms with Crippen LogP contribution in [0, 0.1) is 20.8 Å². The number of methoxy groups -OCH3 is 1. The lowest BCUT2D eigenvalue weighted by atomic mass is 9.88. The van der Waals surface area contributed by atoms with Crippen LogP contribution in [0.3, 0.4) is 0 Å². The fourth-order valence-corrected chi connectivity index (χ4v) is 4.29. The zero-order valence-electron chi connectivity index (χ0n) is 16.3. The largest absolute Gasteiger partial charge is 0.487 e. The van der Waals surface area contributed by atoms with Crippen molar-refractivity contribution in [2.75, 3.05) is 18.4 Å². The van der Waals surface area contributed by atoms with E-state index in [1.54, 1.807) is 6.92 Å². The fourth-order valence-electron chi connectivity index (χ4n) is 3.36. The summed E-state index contributed by atoms with van der Waals surface area (Å²) in [4.78, 5) is 12.1. The number of carbonyl (C=O) groups excluding carboxylic acids is 1. The van der Waals surface area contributed by atoms with E-state index < -0.39 is 16.0 Å². The minimum absolute atomic E-state index is 0.0250. The highest BCUT2D eigenvalue weighted by Crippen LogP contribution is 2.43. The van der Waals surface area contributed by atoms with Crippen molar-refractivity contribution in [3.8, 4) is 16.9 Å². The number of fused-ring (bicyclic) bond motifs is 1. The summed E-state index contributed by atoms with van der Waals surface area (Å²) >= 11 is 0. The third-order valence-electron chi connectivity index (χ3n) is 4.80. The maximum Gasteiger partial charge on any atom is 0.310 e. The summed E-state index contributed by atoms with van der Waals surface area (Å²) in [6.07, 6.45) is 1.48. The molecular formula is C21H23NO5S. The lowest BCUT2D eigenvalue weighted by molar-refractivity contribution is -0.139. The first kappa shape index (κ1) is 19.9. The molecule has 0 spiro atoms. The van der Waals surface area contributed by atoms with Crippen LogP contribution in [0.25, 0.3) is 11.1 Å². The van der Waals surface area contributed by atoms with Gasteiger partial charge in [-0.25, -0.2) is 8.42 Å². The molecule has 2 aromatic carbocycles. The summed E-state index contributed by atoms with van der Waals surface area (Å²) in [5.74, 6) is 0.0694. The molecule has 0 fully saturated rings. The first-order valence-electron chi connectivity index (χ1n) is 8.85. The Kier molecular flexibility index (Phi) is 5.47. The Morgan fingerprint density at radius 2 is 1.82 bits per heavy atom. The van der Waals surface area contributed by atoms with E-state index in [1.165, 1.54) is 13.2 Å². The molecule has 0 unspecified atom stereocenters. The van der Waals surface area contributed by atoms with E-state index in [9.17, 15) is 13.2 Å². The molecule has 0 bridgehead atoms. The maximum absolute atomic E-state index is 12.3. The molecule has 7 heteroatoms. The zero-order chi connectivity index (χ0) is 20.5. The van der Waals surface area contributed by atoms with Gasteiger partial charge in [-0.05, 0) is 49.1 Å². The average molecular weight is 401 g/mol. The van der Waals surface area contributed by atoms with Gasteiger partial charge in [0.25, 0.3) is 10.0 Å². The fraction of sp³-hybridized carbons (Fsp3) is 0.286. The van der Waals surface area contributed by atoms with E-state index in [2.05, 4.69) is 4.72 Å². The number of aryl methyl sites for hydroxylation is 1. The van der Waals surface area contributed by atoms with Gasteiger partial charge in [-0.15, -0.1) is 0 Å². The van der Waals surface area contributed by atoms with E-state index in [0.717, 1.165) is 27.7 Å². The van der Waals surface area contributed by atoms with Gasteiger partial charge in [0.2, 0.25) is 0 Å². The molecule has 148 valence electrons. The molecule has 0 aliphatic carbocycles. The van der Waals surface area contributed by atoms with Gasteiger partial charge < -0.3 is 9.47 Å². The highest BCUT2D eigenvalue weighted by molar-refractivity contribution is 7.95. The minimum atomic E-state index is -3.66. The first-order chi connectivity index (χ1) is 13.2. The Hall–Kier alpha value is -2.80. The topological polar surface area (TPSA) is 81.7 Å². The van der Waals surface area contributed by atoms with Crippen LogP contribution in [-0.4, -0.2) is 28.1 Å². The van der Waals surface area contributed by atoms with Crippen molar-refractivity contribution in [3.05, 3.63) is 58.0 Å². The van der Waals surface area contributed by atoms with Gasteiger partial charge in [0, 0.05) is 5.56 Å². The molecule has 0 aromatic heterocycles. The van der Waals surface area contributed by atoms with Crippen molar-refractivity contribution in [2.24, 2.45) is 0 Å². The normalized spacial score (nSPS) is 16.0. The molecule has 1 N–H and O–H groups in total.